The van der Waals surface area contributed by atoms with Gasteiger partial charge in [0.2, 0.25) is 10.0 Å². The molecule has 0 aliphatic carbocycles. The van der Waals surface area contributed by atoms with Crippen LogP contribution >= 0.6 is 0 Å². The van der Waals surface area contributed by atoms with Crippen LogP contribution in [0.3, 0.4) is 0 Å². The van der Waals surface area contributed by atoms with Gasteiger partial charge in [0.15, 0.2) is 0 Å². The van der Waals surface area contributed by atoms with Gasteiger partial charge in [-0.05, 0) is 12.1 Å². The lowest BCUT2D eigenvalue weighted by molar-refractivity contribution is 0.506. The van der Waals surface area contributed by atoms with Crippen molar-refractivity contribution in [1.29, 1.82) is 0 Å². The summed E-state index contributed by atoms with van der Waals surface area (Å²) in [5.41, 5.74) is 5.15. The first-order valence-corrected chi connectivity index (χ1v) is 7.57. The smallest absolute Gasteiger partial charge is 0.257 e. The molecule has 6 nitrogen and oxygen atoms in total. The van der Waals surface area contributed by atoms with Gasteiger partial charge in [-0.3, -0.25) is 0 Å². The molecule has 0 aliphatic heterocycles. The molecule has 0 spiro atoms. The van der Waals surface area contributed by atoms with Crippen LogP contribution in [0.2, 0.25) is 0 Å². The zero-order valence-electron chi connectivity index (χ0n) is 8.57. The van der Waals surface area contributed by atoms with Crippen molar-refractivity contribution in [2.24, 2.45) is 5.73 Å². The molecule has 0 aromatic heterocycles. The Morgan fingerprint density at radius 2 is 1.62 bits per heavy atom. The number of hydrogen-bond acceptors (Lipinski definition) is 5. The van der Waals surface area contributed by atoms with Crippen LogP contribution in [-0.2, 0) is 20.0 Å². The predicted molar refractivity (Wildman–Crippen MR) is 59.4 cm³/mol. The Kier molecular flexibility index (Phi) is 3.68. The van der Waals surface area contributed by atoms with E-state index in [0.29, 0.717) is 0 Å². The quantitative estimate of drug-likeness (QED) is 0.743. The number of rotatable bonds is 4. The van der Waals surface area contributed by atoms with Crippen LogP contribution in [-0.4, -0.2) is 33.5 Å². The van der Waals surface area contributed by atoms with E-state index in [1.807, 2.05) is 0 Å². The predicted octanol–water partition coefficient (Wildman–Crippen LogP) is -0.447. The Labute approximate surface area is 94.8 Å². The number of sulfonamides is 2. The van der Waals surface area contributed by atoms with Gasteiger partial charge in [-0.2, -0.15) is 0 Å². The molecule has 0 aliphatic rings. The van der Waals surface area contributed by atoms with E-state index in [9.17, 15) is 16.8 Å². The summed E-state index contributed by atoms with van der Waals surface area (Å²) in [5.74, 6) is 0. The Morgan fingerprint density at radius 1 is 1.12 bits per heavy atom. The monoisotopic (exact) mass is 264 g/mol. The molecule has 1 aromatic carbocycles. The minimum atomic E-state index is -4.09. The molecule has 90 valence electrons. The summed E-state index contributed by atoms with van der Waals surface area (Å²) in [6.45, 7) is -0.615. The van der Waals surface area contributed by atoms with Crippen LogP contribution in [0.25, 0.3) is 0 Å². The van der Waals surface area contributed by atoms with Gasteiger partial charge in [-0.15, -0.1) is 0 Å². The number of hydrogen-bond donors (Lipinski definition) is 1. The standard InChI is InChI=1S/C8H12N2O4S2/c1-15(11,12)10(7-9)16(13,14)8-5-3-2-4-6-8/h2-6H,7,9H2,1H3. The second-order valence-electron chi connectivity index (χ2n) is 3.04. The molecule has 8 heteroatoms. The van der Waals surface area contributed by atoms with Gasteiger partial charge >= 0.3 is 0 Å². The second kappa shape index (κ2) is 4.50. The van der Waals surface area contributed by atoms with Crippen molar-refractivity contribution >= 4 is 20.0 Å². The van der Waals surface area contributed by atoms with Gasteiger partial charge in [-0.1, -0.05) is 21.9 Å². The lowest BCUT2D eigenvalue weighted by Gasteiger charge is -2.17. The molecule has 0 saturated heterocycles. The van der Waals surface area contributed by atoms with E-state index in [0.717, 1.165) is 6.26 Å². The van der Waals surface area contributed by atoms with Crippen LogP contribution in [0.1, 0.15) is 0 Å². The van der Waals surface area contributed by atoms with Crippen molar-refractivity contribution in [3.8, 4) is 0 Å². The Balaban J connectivity index is 3.32. The molecule has 0 atom stereocenters. The third-order valence-corrected chi connectivity index (χ3v) is 5.67. The fraction of sp³-hybridized carbons (Fsp3) is 0.250. The van der Waals surface area contributed by atoms with Crippen LogP contribution in [0.15, 0.2) is 35.2 Å². The Morgan fingerprint density at radius 3 is 2.00 bits per heavy atom. The molecule has 0 bridgehead atoms. The SMILES string of the molecule is CS(=O)(=O)N(CN)S(=O)(=O)c1ccccc1. The third-order valence-electron chi connectivity index (χ3n) is 1.83. The van der Waals surface area contributed by atoms with Gasteiger partial charge in [0, 0.05) is 0 Å². The topological polar surface area (TPSA) is 97.5 Å². The summed E-state index contributed by atoms with van der Waals surface area (Å²) in [5, 5.41) is 0. The van der Waals surface area contributed by atoms with Crippen LogP contribution < -0.4 is 5.73 Å². The fourth-order valence-corrected chi connectivity index (χ4v) is 4.01. The van der Waals surface area contributed by atoms with E-state index in [1.54, 1.807) is 6.07 Å². The summed E-state index contributed by atoms with van der Waals surface area (Å²) in [7, 11) is -7.99. The summed E-state index contributed by atoms with van der Waals surface area (Å²) in [6, 6.07) is 7.26. The summed E-state index contributed by atoms with van der Waals surface area (Å²) in [4.78, 5) is -0.106. The van der Waals surface area contributed by atoms with E-state index in [2.05, 4.69) is 0 Å². The molecule has 0 fully saturated rings. The number of benzene rings is 1. The zero-order chi connectivity index (χ0) is 12.4. The van der Waals surface area contributed by atoms with Gasteiger partial charge < -0.3 is 5.73 Å². The molecule has 0 unspecified atom stereocenters. The molecule has 0 amide bonds. The van der Waals surface area contributed by atoms with E-state index >= 15 is 0 Å². The Hall–Kier alpha value is -0.960. The van der Waals surface area contributed by atoms with Crippen LogP contribution in [0, 0.1) is 0 Å². The van der Waals surface area contributed by atoms with Gasteiger partial charge in [0.1, 0.15) is 0 Å². The molecule has 1 rings (SSSR count). The number of nitrogens with two attached hydrogens (primary N) is 1. The van der Waals surface area contributed by atoms with Crippen molar-refractivity contribution < 1.29 is 16.8 Å². The first-order chi connectivity index (χ1) is 7.30. The molecular formula is C8H12N2O4S2. The minimum absolute atomic E-state index is 0.106. The minimum Gasteiger partial charge on any atom is -0.317 e. The van der Waals surface area contributed by atoms with Crippen molar-refractivity contribution in [3.63, 3.8) is 0 Å². The average Bonchev–Trinajstić information content (AvgIpc) is 2.17. The van der Waals surface area contributed by atoms with E-state index < -0.39 is 26.7 Å². The van der Waals surface area contributed by atoms with Crippen LogP contribution in [0.4, 0.5) is 0 Å². The summed E-state index contributed by atoms with van der Waals surface area (Å²) in [6.07, 6.45) is 0.792. The van der Waals surface area contributed by atoms with Crippen molar-refractivity contribution in [3.05, 3.63) is 30.3 Å². The lowest BCUT2D eigenvalue weighted by atomic mass is 10.4. The molecule has 16 heavy (non-hydrogen) atoms. The maximum Gasteiger partial charge on any atom is 0.257 e. The van der Waals surface area contributed by atoms with Gasteiger partial charge in [-0.25, -0.2) is 16.8 Å². The maximum absolute atomic E-state index is 11.9. The summed E-state index contributed by atoms with van der Waals surface area (Å²) >= 11 is 0. The van der Waals surface area contributed by atoms with E-state index in [-0.39, 0.29) is 8.61 Å². The summed E-state index contributed by atoms with van der Waals surface area (Å²) < 4.78 is 46.5. The lowest BCUT2D eigenvalue weighted by Crippen LogP contribution is -2.40. The number of nitrogens with zero attached hydrogens (tertiary/aromatic N) is 1. The molecule has 2 N–H and O–H groups in total. The highest BCUT2D eigenvalue weighted by Crippen LogP contribution is 2.16. The first-order valence-electron chi connectivity index (χ1n) is 4.28. The highest BCUT2D eigenvalue weighted by molar-refractivity contribution is 8.03. The molecule has 0 heterocycles. The fourth-order valence-electron chi connectivity index (χ4n) is 1.12. The normalized spacial score (nSPS) is 12.9. The van der Waals surface area contributed by atoms with E-state index in [4.69, 9.17) is 5.73 Å². The maximum atomic E-state index is 11.9. The molecule has 1 aromatic rings. The van der Waals surface area contributed by atoms with Gasteiger partial charge in [0.05, 0.1) is 17.8 Å². The molecule has 0 radical (unpaired) electrons. The molecule has 0 saturated carbocycles. The highest BCUT2D eigenvalue weighted by atomic mass is 32.3. The zero-order valence-corrected chi connectivity index (χ0v) is 10.2. The van der Waals surface area contributed by atoms with Gasteiger partial charge in [0.25, 0.3) is 10.0 Å². The van der Waals surface area contributed by atoms with E-state index in [1.165, 1.54) is 24.3 Å². The second-order valence-corrected chi connectivity index (χ2v) is 7.04. The Bertz CT molecular complexity index is 551. The average molecular weight is 264 g/mol. The van der Waals surface area contributed by atoms with Crippen molar-refractivity contribution in [2.75, 3.05) is 12.9 Å². The highest BCUT2D eigenvalue weighted by Gasteiger charge is 2.30. The molecular weight excluding hydrogens is 252 g/mol. The third kappa shape index (κ3) is 2.59. The van der Waals surface area contributed by atoms with Crippen LogP contribution in [0.5, 0.6) is 0 Å². The first kappa shape index (κ1) is 13.1. The van der Waals surface area contributed by atoms with Crippen molar-refractivity contribution in [1.82, 2.24) is 3.71 Å². The largest absolute Gasteiger partial charge is 0.317 e. The van der Waals surface area contributed by atoms with Crippen molar-refractivity contribution in [2.45, 2.75) is 4.90 Å².